The van der Waals surface area contributed by atoms with Gasteiger partial charge in [-0.3, -0.25) is 0 Å². The molecule has 1 aliphatic rings. The Kier molecular flexibility index (Phi) is 3.90. The van der Waals surface area contributed by atoms with E-state index >= 15 is 0 Å². The lowest BCUT2D eigenvalue weighted by Crippen LogP contribution is -2.31. The highest BCUT2D eigenvalue weighted by molar-refractivity contribution is 7.92. The summed E-state index contributed by atoms with van der Waals surface area (Å²) in [5.74, 6) is 0.367. The first-order valence-corrected chi connectivity index (χ1v) is 8.53. The average molecular weight is 273 g/mol. The van der Waals surface area contributed by atoms with Crippen LogP contribution in [0.1, 0.15) is 35.6 Å². The van der Waals surface area contributed by atoms with Gasteiger partial charge in [-0.05, 0) is 38.8 Å². The molecule has 0 bridgehead atoms. The van der Waals surface area contributed by atoms with E-state index in [1.165, 1.54) is 9.75 Å². The maximum Gasteiger partial charge on any atom is 0.154 e. The third-order valence-corrected chi connectivity index (χ3v) is 6.76. The normalized spacial score (nSPS) is 24.9. The van der Waals surface area contributed by atoms with Crippen molar-refractivity contribution < 1.29 is 8.42 Å². The molecule has 0 radical (unpaired) electrons. The second kappa shape index (κ2) is 5.08. The molecule has 96 valence electrons. The number of sulfone groups is 1. The van der Waals surface area contributed by atoms with Crippen molar-refractivity contribution in [1.29, 1.82) is 0 Å². The van der Waals surface area contributed by atoms with Crippen LogP contribution in [-0.2, 0) is 9.84 Å². The molecule has 2 atom stereocenters. The van der Waals surface area contributed by atoms with Crippen LogP contribution in [0.3, 0.4) is 0 Å². The van der Waals surface area contributed by atoms with Gasteiger partial charge in [0.1, 0.15) is 0 Å². The summed E-state index contributed by atoms with van der Waals surface area (Å²) < 4.78 is 23.4. The Labute approximate surface area is 107 Å². The number of hydrogen-bond acceptors (Lipinski definition) is 4. The third kappa shape index (κ3) is 3.09. The SMILES string of the molecule is Cc1ccc(C(C)NCC2CCCS2(=O)=O)s1. The van der Waals surface area contributed by atoms with Crippen molar-refractivity contribution in [2.75, 3.05) is 12.3 Å². The summed E-state index contributed by atoms with van der Waals surface area (Å²) in [6.45, 7) is 4.76. The van der Waals surface area contributed by atoms with Gasteiger partial charge in [-0.25, -0.2) is 8.42 Å². The molecule has 2 unspecified atom stereocenters. The summed E-state index contributed by atoms with van der Waals surface area (Å²) in [6, 6.07) is 4.45. The third-order valence-electron chi connectivity index (χ3n) is 3.30. The zero-order valence-electron chi connectivity index (χ0n) is 10.3. The van der Waals surface area contributed by atoms with Gasteiger partial charge in [-0.2, -0.15) is 0 Å². The first-order chi connectivity index (χ1) is 7.99. The molecule has 17 heavy (non-hydrogen) atoms. The molecular weight excluding hydrogens is 254 g/mol. The van der Waals surface area contributed by atoms with Crippen LogP contribution in [-0.4, -0.2) is 26.0 Å². The smallest absolute Gasteiger partial charge is 0.154 e. The summed E-state index contributed by atoms with van der Waals surface area (Å²) >= 11 is 1.77. The fourth-order valence-corrected chi connectivity index (χ4v) is 4.86. The molecule has 2 rings (SSSR count). The maximum atomic E-state index is 11.7. The Bertz CT molecular complexity index is 478. The van der Waals surface area contributed by atoms with Gasteiger partial charge in [0, 0.05) is 22.3 Å². The number of rotatable bonds is 4. The Balaban J connectivity index is 1.90. The summed E-state index contributed by atoms with van der Waals surface area (Å²) in [6.07, 6.45) is 1.63. The van der Waals surface area contributed by atoms with Crippen LogP contribution in [0.15, 0.2) is 12.1 Å². The van der Waals surface area contributed by atoms with E-state index < -0.39 is 9.84 Å². The van der Waals surface area contributed by atoms with Crippen LogP contribution >= 0.6 is 11.3 Å². The highest BCUT2D eigenvalue weighted by atomic mass is 32.2. The Morgan fingerprint density at radius 2 is 2.29 bits per heavy atom. The molecule has 1 aromatic rings. The van der Waals surface area contributed by atoms with E-state index in [-0.39, 0.29) is 11.3 Å². The minimum Gasteiger partial charge on any atom is -0.308 e. The predicted molar refractivity (Wildman–Crippen MR) is 72.3 cm³/mol. The zero-order chi connectivity index (χ0) is 12.5. The van der Waals surface area contributed by atoms with Gasteiger partial charge in [0.25, 0.3) is 0 Å². The topological polar surface area (TPSA) is 46.2 Å². The molecule has 0 spiro atoms. The number of nitrogens with one attached hydrogen (secondary N) is 1. The van der Waals surface area contributed by atoms with Crippen molar-refractivity contribution in [2.24, 2.45) is 0 Å². The number of thiophene rings is 1. The Morgan fingerprint density at radius 1 is 1.53 bits per heavy atom. The van der Waals surface area contributed by atoms with Crippen LogP contribution in [0.25, 0.3) is 0 Å². The van der Waals surface area contributed by atoms with E-state index in [1.807, 2.05) is 0 Å². The van der Waals surface area contributed by atoms with Gasteiger partial charge in [0.2, 0.25) is 0 Å². The highest BCUT2D eigenvalue weighted by Gasteiger charge is 2.31. The van der Waals surface area contributed by atoms with Gasteiger partial charge in [-0.1, -0.05) is 0 Å². The molecule has 0 amide bonds. The summed E-state index contributed by atoms with van der Waals surface area (Å²) in [7, 11) is -2.82. The van der Waals surface area contributed by atoms with Crippen molar-refractivity contribution in [2.45, 2.75) is 38.0 Å². The summed E-state index contributed by atoms with van der Waals surface area (Å²) in [5.41, 5.74) is 0. The van der Waals surface area contributed by atoms with Crippen LogP contribution in [0, 0.1) is 6.92 Å². The molecule has 1 aliphatic heterocycles. The predicted octanol–water partition coefficient (Wildman–Crippen LogP) is 2.28. The maximum absolute atomic E-state index is 11.7. The van der Waals surface area contributed by atoms with Gasteiger partial charge < -0.3 is 5.32 Å². The quantitative estimate of drug-likeness (QED) is 0.915. The average Bonchev–Trinajstić information content (AvgIpc) is 2.81. The standard InChI is InChI=1S/C12H19NO2S2/c1-9-5-6-12(16-9)10(2)13-8-11-4-3-7-17(11,14)15/h5-6,10-11,13H,3-4,7-8H2,1-2H3. The second-order valence-corrected chi connectivity index (χ2v) is 8.43. The molecule has 2 heterocycles. The van der Waals surface area contributed by atoms with Gasteiger partial charge in [-0.15, -0.1) is 11.3 Å². The molecular formula is C12H19NO2S2. The lowest BCUT2D eigenvalue weighted by Gasteiger charge is -2.15. The summed E-state index contributed by atoms with van der Waals surface area (Å²) in [5, 5.41) is 3.17. The summed E-state index contributed by atoms with van der Waals surface area (Å²) in [4.78, 5) is 2.57. The van der Waals surface area contributed by atoms with Crippen LogP contribution in [0.5, 0.6) is 0 Å². The molecule has 0 aromatic carbocycles. The van der Waals surface area contributed by atoms with E-state index in [9.17, 15) is 8.42 Å². The molecule has 5 heteroatoms. The molecule has 1 N–H and O–H groups in total. The van der Waals surface area contributed by atoms with E-state index in [1.54, 1.807) is 11.3 Å². The van der Waals surface area contributed by atoms with E-state index in [2.05, 4.69) is 31.3 Å². The van der Waals surface area contributed by atoms with Crippen molar-refractivity contribution in [3.63, 3.8) is 0 Å². The highest BCUT2D eigenvalue weighted by Crippen LogP contribution is 2.24. The monoisotopic (exact) mass is 273 g/mol. The second-order valence-electron chi connectivity index (χ2n) is 4.71. The minimum atomic E-state index is -2.82. The van der Waals surface area contributed by atoms with Crippen molar-refractivity contribution in [1.82, 2.24) is 5.32 Å². The molecule has 1 saturated heterocycles. The van der Waals surface area contributed by atoms with E-state index in [4.69, 9.17) is 0 Å². The Morgan fingerprint density at radius 3 is 2.82 bits per heavy atom. The molecule has 3 nitrogen and oxygen atoms in total. The van der Waals surface area contributed by atoms with Crippen LogP contribution < -0.4 is 5.32 Å². The van der Waals surface area contributed by atoms with Gasteiger partial charge in [0.15, 0.2) is 9.84 Å². The molecule has 0 aliphatic carbocycles. The largest absolute Gasteiger partial charge is 0.308 e. The van der Waals surface area contributed by atoms with Crippen molar-refractivity contribution >= 4 is 21.2 Å². The lowest BCUT2D eigenvalue weighted by atomic mass is 10.2. The molecule has 1 fully saturated rings. The lowest BCUT2D eigenvalue weighted by molar-refractivity contribution is 0.542. The van der Waals surface area contributed by atoms with Gasteiger partial charge >= 0.3 is 0 Å². The van der Waals surface area contributed by atoms with Crippen LogP contribution in [0.4, 0.5) is 0 Å². The first-order valence-electron chi connectivity index (χ1n) is 6.00. The first kappa shape index (κ1) is 13.1. The van der Waals surface area contributed by atoms with Crippen LogP contribution in [0.2, 0.25) is 0 Å². The minimum absolute atomic E-state index is 0.175. The fourth-order valence-electron chi connectivity index (χ4n) is 2.18. The zero-order valence-corrected chi connectivity index (χ0v) is 11.9. The van der Waals surface area contributed by atoms with Crippen molar-refractivity contribution in [3.05, 3.63) is 21.9 Å². The number of hydrogen-bond donors (Lipinski definition) is 1. The fraction of sp³-hybridized carbons (Fsp3) is 0.667. The van der Waals surface area contributed by atoms with E-state index in [0.29, 0.717) is 12.3 Å². The molecule has 1 aromatic heterocycles. The van der Waals surface area contributed by atoms with Crippen molar-refractivity contribution in [3.8, 4) is 0 Å². The van der Waals surface area contributed by atoms with Gasteiger partial charge in [0.05, 0.1) is 11.0 Å². The number of aryl methyl sites for hydroxylation is 1. The molecule has 0 saturated carbocycles. The van der Waals surface area contributed by atoms with E-state index in [0.717, 1.165) is 12.8 Å². The Hall–Kier alpha value is -0.390.